The molecule has 1 unspecified atom stereocenters. The molecule has 6 nitrogen and oxygen atoms in total. The third-order valence-electron chi connectivity index (χ3n) is 2.87. The van der Waals surface area contributed by atoms with Crippen molar-refractivity contribution < 1.29 is 14.7 Å². The van der Waals surface area contributed by atoms with Crippen LogP contribution < -0.4 is 16.4 Å². The van der Waals surface area contributed by atoms with Crippen molar-refractivity contribution in [1.29, 1.82) is 0 Å². The fraction of sp³-hybridized carbons (Fsp3) is 0.833. The molecule has 2 atom stereocenters. The highest BCUT2D eigenvalue weighted by atomic mass is 16.3. The van der Waals surface area contributed by atoms with Crippen molar-refractivity contribution in [2.45, 2.75) is 45.8 Å². The van der Waals surface area contributed by atoms with Crippen molar-refractivity contribution in [2.75, 3.05) is 13.1 Å². The van der Waals surface area contributed by atoms with E-state index in [1.807, 2.05) is 20.8 Å². The molecule has 5 N–H and O–H groups in total. The van der Waals surface area contributed by atoms with Crippen LogP contribution in [0.15, 0.2) is 0 Å². The lowest BCUT2D eigenvalue weighted by atomic mass is 10.0. The molecule has 0 saturated carbocycles. The van der Waals surface area contributed by atoms with Crippen molar-refractivity contribution in [1.82, 2.24) is 10.6 Å². The summed E-state index contributed by atoms with van der Waals surface area (Å²) in [4.78, 5) is 22.9. The molecule has 0 aromatic carbocycles. The van der Waals surface area contributed by atoms with E-state index in [0.717, 1.165) is 0 Å². The monoisotopic (exact) mass is 259 g/mol. The van der Waals surface area contributed by atoms with Gasteiger partial charge < -0.3 is 21.5 Å². The van der Waals surface area contributed by atoms with Gasteiger partial charge in [0.05, 0.1) is 18.2 Å². The van der Waals surface area contributed by atoms with E-state index in [1.165, 1.54) is 0 Å². The topological polar surface area (TPSA) is 104 Å². The van der Waals surface area contributed by atoms with Crippen LogP contribution in [0.2, 0.25) is 0 Å². The van der Waals surface area contributed by atoms with Gasteiger partial charge in [0.2, 0.25) is 11.8 Å². The number of hydrogen-bond acceptors (Lipinski definition) is 4. The van der Waals surface area contributed by atoms with Crippen LogP contribution in [-0.2, 0) is 9.59 Å². The minimum Gasteiger partial charge on any atom is -0.388 e. The largest absolute Gasteiger partial charge is 0.388 e. The summed E-state index contributed by atoms with van der Waals surface area (Å²) in [5.41, 5.74) is 4.70. The van der Waals surface area contributed by atoms with Crippen molar-refractivity contribution in [3.8, 4) is 0 Å². The van der Waals surface area contributed by atoms with Crippen molar-refractivity contribution in [3.63, 3.8) is 0 Å². The van der Waals surface area contributed by atoms with E-state index >= 15 is 0 Å². The first kappa shape index (κ1) is 16.9. The van der Waals surface area contributed by atoms with Gasteiger partial charge in [-0.1, -0.05) is 20.8 Å². The van der Waals surface area contributed by atoms with Crippen LogP contribution in [0.5, 0.6) is 0 Å². The molecule has 0 spiro atoms. The molecule has 0 bridgehead atoms. The molecule has 0 aromatic rings. The first-order valence-corrected chi connectivity index (χ1v) is 6.22. The molecule has 0 aromatic heterocycles. The summed E-state index contributed by atoms with van der Waals surface area (Å²) in [7, 11) is 0. The Kier molecular flexibility index (Phi) is 6.86. The lowest BCUT2D eigenvalue weighted by molar-refractivity contribution is -0.127. The fourth-order valence-electron chi connectivity index (χ4n) is 1.06. The summed E-state index contributed by atoms with van der Waals surface area (Å²) in [6.07, 6.45) is 0.540. The van der Waals surface area contributed by atoms with Crippen molar-refractivity contribution in [3.05, 3.63) is 0 Å². The number of aliphatic hydroxyl groups is 1. The zero-order valence-corrected chi connectivity index (χ0v) is 11.6. The lowest BCUT2D eigenvalue weighted by Crippen LogP contribution is -2.48. The quantitative estimate of drug-likeness (QED) is 0.488. The maximum absolute atomic E-state index is 11.5. The number of hydrogen-bond donors (Lipinski definition) is 4. The molecule has 0 aliphatic heterocycles. The second kappa shape index (κ2) is 7.33. The summed E-state index contributed by atoms with van der Waals surface area (Å²) < 4.78 is 0. The van der Waals surface area contributed by atoms with E-state index in [0.29, 0.717) is 6.42 Å². The van der Waals surface area contributed by atoms with Crippen LogP contribution in [0.1, 0.15) is 34.1 Å². The van der Waals surface area contributed by atoms with Gasteiger partial charge in [0.25, 0.3) is 0 Å². The molecule has 6 heteroatoms. The van der Waals surface area contributed by atoms with Crippen LogP contribution >= 0.6 is 0 Å². The number of carbonyl (C=O) groups excluding carboxylic acids is 2. The highest BCUT2D eigenvalue weighted by Crippen LogP contribution is 2.05. The minimum atomic E-state index is -0.923. The average molecular weight is 259 g/mol. The normalized spacial score (nSPS) is 15.9. The molecule has 0 rings (SSSR count). The molecule has 0 radical (unpaired) electrons. The predicted octanol–water partition coefficient (Wildman–Crippen LogP) is -0.637. The maximum atomic E-state index is 11.5. The summed E-state index contributed by atoms with van der Waals surface area (Å²) >= 11 is 0. The van der Waals surface area contributed by atoms with Crippen LogP contribution in [0.3, 0.4) is 0 Å². The molecule has 106 valence electrons. The second-order valence-corrected chi connectivity index (χ2v) is 5.11. The van der Waals surface area contributed by atoms with E-state index in [1.54, 1.807) is 6.92 Å². The SMILES string of the molecule is CCC(C)(O)CNC(=O)CNC(=O)[C@@H](N)C(C)C. The summed E-state index contributed by atoms with van der Waals surface area (Å²) in [5.74, 6) is -0.663. The molecule has 0 aliphatic rings. The van der Waals surface area contributed by atoms with Gasteiger partial charge in [0.1, 0.15) is 0 Å². The smallest absolute Gasteiger partial charge is 0.239 e. The summed E-state index contributed by atoms with van der Waals surface area (Å²) in [6, 6.07) is -0.614. The molecule has 18 heavy (non-hydrogen) atoms. The number of carbonyl (C=O) groups is 2. The summed E-state index contributed by atoms with van der Waals surface area (Å²) in [5, 5.41) is 14.7. The standard InChI is InChI=1S/C12H25N3O3/c1-5-12(4,18)7-15-9(16)6-14-11(17)10(13)8(2)3/h8,10,18H,5-7,13H2,1-4H3,(H,14,17)(H,15,16)/t10-,12?/m0/s1. The maximum Gasteiger partial charge on any atom is 0.239 e. The Hall–Kier alpha value is -1.14. The second-order valence-electron chi connectivity index (χ2n) is 5.11. The van der Waals surface area contributed by atoms with Gasteiger partial charge in [-0.05, 0) is 19.3 Å². The average Bonchev–Trinajstić information content (AvgIpc) is 2.32. The Morgan fingerprint density at radius 1 is 1.33 bits per heavy atom. The van der Waals surface area contributed by atoms with E-state index in [9.17, 15) is 14.7 Å². The van der Waals surface area contributed by atoms with Crippen LogP contribution in [0.25, 0.3) is 0 Å². The molecular weight excluding hydrogens is 234 g/mol. The Morgan fingerprint density at radius 2 is 1.89 bits per heavy atom. The van der Waals surface area contributed by atoms with Crippen molar-refractivity contribution in [2.24, 2.45) is 11.7 Å². The Morgan fingerprint density at radius 3 is 2.33 bits per heavy atom. The van der Waals surface area contributed by atoms with Gasteiger partial charge in [-0.3, -0.25) is 9.59 Å². The van der Waals surface area contributed by atoms with E-state index in [2.05, 4.69) is 10.6 Å². The lowest BCUT2D eigenvalue weighted by Gasteiger charge is -2.21. The molecule has 0 heterocycles. The van der Waals surface area contributed by atoms with Gasteiger partial charge in [-0.25, -0.2) is 0 Å². The number of amides is 2. The van der Waals surface area contributed by atoms with E-state index < -0.39 is 11.6 Å². The zero-order chi connectivity index (χ0) is 14.3. The third-order valence-corrected chi connectivity index (χ3v) is 2.87. The van der Waals surface area contributed by atoms with Gasteiger partial charge in [-0.2, -0.15) is 0 Å². The highest BCUT2D eigenvalue weighted by molar-refractivity contribution is 5.87. The van der Waals surface area contributed by atoms with Gasteiger partial charge in [0.15, 0.2) is 0 Å². The Labute approximate surface area is 108 Å². The molecule has 0 aliphatic carbocycles. The fourth-order valence-corrected chi connectivity index (χ4v) is 1.06. The van der Waals surface area contributed by atoms with Gasteiger partial charge in [-0.15, -0.1) is 0 Å². The number of nitrogens with two attached hydrogens (primary N) is 1. The van der Waals surface area contributed by atoms with Gasteiger partial charge in [0, 0.05) is 6.54 Å². The zero-order valence-electron chi connectivity index (χ0n) is 11.6. The molecular formula is C12H25N3O3. The van der Waals surface area contributed by atoms with E-state index in [-0.39, 0.29) is 30.8 Å². The molecule has 0 saturated heterocycles. The van der Waals surface area contributed by atoms with Crippen LogP contribution in [-0.4, -0.2) is 41.7 Å². The third kappa shape index (κ3) is 6.56. The Balaban J connectivity index is 3.95. The highest BCUT2D eigenvalue weighted by Gasteiger charge is 2.20. The minimum absolute atomic E-state index is 0.0221. The molecule has 0 fully saturated rings. The molecule has 2 amide bonds. The first-order chi connectivity index (χ1) is 8.19. The Bertz CT molecular complexity index is 290. The van der Waals surface area contributed by atoms with Crippen LogP contribution in [0.4, 0.5) is 0 Å². The number of nitrogens with one attached hydrogen (secondary N) is 2. The van der Waals surface area contributed by atoms with Gasteiger partial charge >= 0.3 is 0 Å². The van der Waals surface area contributed by atoms with E-state index in [4.69, 9.17) is 5.73 Å². The van der Waals surface area contributed by atoms with Crippen molar-refractivity contribution >= 4 is 11.8 Å². The number of rotatable bonds is 7. The van der Waals surface area contributed by atoms with Crippen LogP contribution in [0, 0.1) is 5.92 Å². The first-order valence-electron chi connectivity index (χ1n) is 6.22. The summed E-state index contributed by atoms with van der Waals surface area (Å²) in [6.45, 7) is 7.18. The predicted molar refractivity (Wildman–Crippen MR) is 69.7 cm³/mol.